The maximum absolute atomic E-state index is 12.3. The quantitative estimate of drug-likeness (QED) is 0.779. The molecule has 2 amide bonds. The van der Waals surface area contributed by atoms with Gasteiger partial charge in [0, 0.05) is 5.69 Å². The fourth-order valence-corrected chi connectivity index (χ4v) is 2.97. The molecule has 120 valence electrons. The van der Waals surface area contributed by atoms with Crippen molar-refractivity contribution in [2.75, 3.05) is 10.6 Å². The Balaban J connectivity index is 1.58. The van der Waals surface area contributed by atoms with Crippen LogP contribution < -0.4 is 10.6 Å². The maximum atomic E-state index is 12.3. The third-order valence-corrected chi connectivity index (χ3v) is 4.16. The van der Waals surface area contributed by atoms with Crippen LogP contribution in [0.1, 0.15) is 18.0 Å². The summed E-state index contributed by atoms with van der Waals surface area (Å²) in [5, 5.41) is 5.58. The zero-order valence-corrected chi connectivity index (χ0v) is 13.1. The molecule has 2 N–H and O–H groups in total. The van der Waals surface area contributed by atoms with Gasteiger partial charge in [-0.1, -0.05) is 29.8 Å². The van der Waals surface area contributed by atoms with Gasteiger partial charge in [0.15, 0.2) is 0 Å². The van der Waals surface area contributed by atoms with Gasteiger partial charge in [-0.3, -0.25) is 19.5 Å². The Morgan fingerprint density at radius 1 is 1.21 bits per heavy atom. The van der Waals surface area contributed by atoms with E-state index in [9.17, 15) is 9.59 Å². The number of carbonyl (C=O) groups excluding carboxylic acids is 2. The van der Waals surface area contributed by atoms with Gasteiger partial charge in [0.25, 0.3) is 0 Å². The SMILES string of the molecule is Cc1ccc(NC(=O)C[C@@H]2C(=O)Nc3nc4ccccc4n32)cc1. The fourth-order valence-electron chi connectivity index (χ4n) is 2.97. The molecule has 1 aliphatic rings. The zero-order valence-electron chi connectivity index (χ0n) is 13.1. The van der Waals surface area contributed by atoms with Crippen LogP contribution in [0, 0.1) is 6.92 Å². The number of aryl methyl sites for hydroxylation is 1. The Morgan fingerprint density at radius 2 is 1.96 bits per heavy atom. The highest BCUT2D eigenvalue weighted by molar-refractivity contribution is 6.03. The zero-order chi connectivity index (χ0) is 16.7. The number of nitrogens with one attached hydrogen (secondary N) is 2. The summed E-state index contributed by atoms with van der Waals surface area (Å²) in [5.41, 5.74) is 3.49. The van der Waals surface area contributed by atoms with Crippen LogP contribution in [0.4, 0.5) is 11.6 Å². The largest absolute Gasteiger partial charge is 0.326 e. The van der Waals surface area contributed by atoms with E-state index >= 15 is 0 Å². The molecule has 6 heteroatoms. The van der Waals surface area contributed by atoms with Crippen molar-refractivity contribution in [2.24, 2.45) is 0 Å². The van der Waals surface area contributed by atoms with Gasteiger partial charge in [-0.15, -0.1) is 0 Å². The van der Waals surface area contributed by atoms with E-state index in [0.717, 1.165) is 22.3 Å². The molecule has 1 atom stereocenters. The Kier molecular flexibility index (Phi) is 3.30. The van der Waals surface area contributed by atoms with Crippen molar-refractivity contribution in [2.45, 2.75) is 19.4 Å². The lowest BCUT2D eigenvalue weighted by Gasteiger charge is -2.12. The van der Waals surface area contributed by atoms with Crippen molar-refractivity contribution in [3.05, 3.63) is 54.1 Å². The number of hydrogen-bond acceptors (Lipinski definition) is 3. The molecule has 0 unspecified atom stereocenters. The lowest BCUT2D eigenvalue weighted by Crippen LogP contribution is -2.23. The van der Waals surface area contributed by atoms with Gasteiger partial charge < -0.3 is 5.32 Å². The summed E-state index contributed by atoms with van der Waals surface area (Å²) in [6.45, 7) is 1.99. The monoisotopic (exact) mass is 320 g/mol. The number of fused-ring (bicyclic) bond motifs is 3. The van der Waals surface area contributed by atoms with Crippen LogP contribution in [0.5, 0.6) is 0 Å². The second-order valence-electron chi connectivity index (χ2n) is 5.92. The Hall–Kier alpha value is -3.15. The first kappa shape index (κ1) is 14.4. The molecule has 1 aliphatic heterocycles. The van der Waals surface area contributed by atoms with Crippen LogP contribution in [0.2, 0.25) is 0 Å². The molecule has 0 saturated carbocycles. The van der Waals surface area contributed by atoms with Crippen LogP contribution in [0.3, 0.4) is 0 Å². The minimum Gasteiger partial charge on any atom is -0.326 e. The second-order valence-corrected chi connectivity index (χ2v) is 5.92. The van der Waals surface area contributed by atoms with Crippen molar-refractivity contribution in [1.82, 2.24) is 9.55 Å². The van der Waals surface area contributed by atoms with E-state index in [1.807, 2.05) is 55.5 Å². The van der Waals surface area contributed by atoms with E-state index < -0.39 is 6.04 Å². The fraction of sp³-hybridized carbons (Fsp3) is 0.167. The van der Waals surface area contributed by atoms with Gasteiger partial charge >= 0.3 is 0 Å². The van der Waals surface area contributed by atoms with Crippen LogP contribution >= 0.6 is 0 Å². The number of anilines is 2. The van der Waals surface area contributed by atoms with Crippen LogP contribution in [0.25, 0.3) is 11.0 Å². The molecule has 0 bridgehead atoms. The molecule has 3 aromatic rings. The smallest absolute Gasteiger partial charge is 0.250 e. The molecule has 0 aliphatic carbocycles. The predicted octanol–water partition coefficient (Wildman–Crippen LogP) is 2.87. The molecule has 0 saturated heterocycles. The third-order valence-electron chi connectivity index (χ3n) is 4.16. The number of aromatic nitrogens is 2. The van der Waals surface area contributed by atoms with Crippen molar-refractivity contribution in [3.8, 4) is 0 Å². The molecule has 0 radical (unpaired) electrons. The standard InChI is InChI=1S/C18H16N4O2/c1-11-6-8-12(9-7-11)19-16(23)10-15-17(24)21-18-20-13-4-2-3-5-14(13)22(15)18/h2-9,15H,10H2,1H3,(H,19,23)(H,20,21,24)/t15-/m1/s1. The topological polar surface area (TPSA) is 76.0 Å². The highest BCUT2D eigenvalue weighted by Gasteiger charge is 2.34. The molecule has 4 rings (SSSR count). The number of carbonyl (C=O) groups is 2. The summed E-state index contributed by atoms with van der Waals surface area (Å²) < 4.78 is 1.80. The average Bonchev–Trinajstić information content (AvgIpc) is 3.06. The van der Waals surface area contributed by atoms with Gasteiger partial charge in [-0.2, -0.15) is 0 Å². The lowest BCUT2D eigenvalue weighted by molar-refractivity contribution is -0.123. The highest BCUT2D eigenvalue weighted by Crippen LogP contribution is 2.32. The first-order valence-electron chi connectivity index (χ1n) is 7.76. The number of benzene rings is 2. The number of rotatable bonds is 3. The van der Waals surface area contributed by atoms with Crippen LogP contribution in [-0.4, -0.2) is 21.4 Å². The molecule has 1 aromatic heterocycles. The van der Waals surface area contributed by atoms with Crippen molar-refractivity contribution >= 4 is 34.5 Å². The Labute approximate surface area is 138 Å². The van der Waals surface area contributed by atoms with Gasteiger partial charge in [-0.25, -0.2) is 4.98 Å². The van der Waals surface area contributed by atoms with Gasteiger partial charge in [0.2, 0.25) is 17.8 Å². The summed E-state index contributed by atoms with van der Waals surface area (Å²) in [6, 6.07) is 14.5. The first-order chi connectivity index (χ1) is 11.6. The molecule has 24 heavy (non-hydrogen) atoms. The van der Waals surface area contributed by atoms with Gasteiger partial charge in [0.1, 0.15) is 6.04 Å². The molecule has 0 spiro atoms. The van der Waals surface area contributed by atoms with E-state index in [0.29, 0.717) is 5.95 Å². The minimum atomic E-state index is -0.585. The Morgan fingerprint density at radius 3 is 2.75 bits per heavy atom. The van der Waals surface area contributed by atoms with E-state index in [-0.39, 0.29) is 18.2 Å². The Bertz CT molecular complexity index is 943. The van der Waals surface area contributed by atoms with Crippen LogP contribution in [0.15, 0.2) is 48.5 Å². The molecule has 6 nitrogen and oxygen atoms in total. The normalized spacial score (nSPS) is 16.0. The molecular formula is C18H16N4O2. The maximum Gasteiger partial charge on any atom is 0.250 e. The molecule has 2 heterocycles. The highest BCUT2D eigenvalue weighted by atomic mass is 16.2. The van der Waals surface area contributed by atoms with Crippen molar-refractivity contribution in [3.63, 3.8) is 0 Å². The molecule has 2 aromatic carbocycles. The summed E-state index contributed by atoms with van der Waals surface area (Å²) in [7, 11) is 0. The number of para-hydroxylation sites is 2. The van der Waals surface area contributed by atoms with E-state index in [2.05, 4.69) is 15.6 Å². The summed E-state index contributed by atoms with van der Waals surface area (Å²) in [4.78, 5) is 29.0. The first-order valence-corrected chi connectivity index (χ1v) is 7.76. The summed E-state index contributed by atoms with van der Waals surface area (Å²) in [5.74, 6) is 0.0845. The average molecular weight is 320 g/mol. The van der Waals surface area contributed by atoms with Gasteiger partial charge in [-0.05, 0) is 31.2 Å². The molecular weight excluding hydrogens is 304 g/mol. The number of imidazole rings is 1. The van der Waals surface area contributed by atoms with Crippen molar-refractivity contribution < 1.29 is 9.59 Å². The van der Waals surface area contributed by atoms with E-state index in [4.69, 9.17) is 0 Å². The number of nitrogens with zero attached hydrogens (tertiary/aromatic N) is 2. The summed E-state index contributed by atoms with van der Waals surface area (Å²) in [6.07, 6.45) is 0.0626. The third kappa shape index (κ3) is 2.42. The minimum absolute atomic E-state index is 0.0626. The molecule has 0 fully saturated rings. The van der Waals surface area contributed by atoms with E-state index in [1.54, 1.807) is 4.57 Å². The second kappa shape index (κ2) is 5.49. The predicted molar refractivity (Wildman–Crippen MR) is 91.8 cm³/mol. The number of hydrogen-bond donors (Lipinski definition) is 2. The summed E-state index contributed by atoms with van der Waals surface area (Å²) >= 11 is 0. The van der Waals surface area contributed by atoms with E-state index in [1.165, 1.54) is 0 Å². The van der Waals surface area contributed by atoms with Crippen LogP contribution in [-0.2, 0) is 9.59 Å². The number of amides is 2. The lowest BCUT2D eigenvalue weighted by atomic mass is 10.1. The van der Waals surface area contributed by atoms with Gasteiger partial charge in [0.05, 0.1) is 17.5 Å². The van der Waals surface area contributed by atoms with Crippen molar-refractivity contribution in [1.29, 1.82) is 0 Å².